The molecule has 2 aromatic rings. The van der Waals surface area contributed by atoms with E-state index in [0.717, 1.165) is 16.7 Å². The van der Waals surface area contributed by atoms with Crippen LogP contribution in [0.1, 0.15) is 19.5 Å². The highest BCUT2D eigenvalue weighted by Gasteiger charge is 2.30. The number of thioether (sulfide) groups is 1. The number of hydrogen-bond acceptors (Lipinski definition) is 4. The van der Waals surface area contributed by atoms with Crippen molar-refractivity contribution in [2.45, 2.75) is 30.5 Å². The maximum Gasteiger partial charge on any atom is 0.319 e. The molecule has 0 fully saturated rings. The summed E-state index contributed by atoms with van der Waals surface area (Å²) in [7, 11) is 0. The minimum Gasteiger partial charge on any atom is -0.480 e. The van der Waals surface area contributed by atoms with Gasteiger partial charge in [0, 0.05) is 0 Å². The van der Waals surface area contributed by atoms with Crippen molar-refractivity contribution in [1.82, 2.24) is 9.97 Å². The zero-order chi connectivity index (χ0) is 13.3. The Kier molecular flexibility index (Phi) is 3.26. The number of carboxylic acid groups (broad SMARTS) is 1. The molecule has 1 heterocycles. The van der Waals surface area contributed by atoms with E-state index in [1.165, 1.54) is 11.8 Å². The Bertz CT molecular complexity index is 611. The first kappa shape index (κ1) is 12.8. The highest BCUT2D eigenvalue weighted by atomic mass is 32.2. The fourth-order valence-corrected chi connectivity index (χ4v) is 2.36. The van der Waals surface area contributed by atoms with E-state index in [-0.39, 0.29) is 0 Å². The van der Waals surface area contributed by atoms with Crippen LogP contribution in [-0.4, -0.2) is 25.8 Å². The highest BCUT2D eigenvalue weighted by Crippen LogP contribution is 2.33. The van der Waals surface area contributed by atoms with Crippen molar-refractivity contribution in [3.63, 3.8) is 0 Å². The Morgan fingerprint density at radius 3 is 2.33 bits per heavy atom. The first-order valence-corrected chi connectivity index (χ1v) is 6.37. The third-order valence-electron chi connectivity index (χ3n) is 2.57. The second kappa shape index (κ2) is 4.57. The summed E-state index contributed by atoms with van der Waals surface area (Å²) in [6.07, 6.45) is 0. The molecule has 1 N–H and O–H groups in total. The van der Waals surface area contributed by atoms with Crippen LogP contribution in [0.2, 0.25) is 0 Å². The van der Waals surface area contributed by atoms with Gasteiger partial charge in [0.2, 0.25) is 0 Å². The van der Waals surface area contributed by atoms with Crippen molar-refractivity contribution >= 4 is 28.8 Å². The molecule has 2 rings (SSSR count). The van der Waals surface area contributed by atoms with E-state index in [1.54, 1.807) is 13.8 Å². The molecule has 1 aromatic carbocycles. The van der Waals surface area contributed by atoms with Gasteiger partial charge in [0.1, 0.15) is 9.77 Å². The van der Waals surface area contributed by atoms with Gasteiger partial charge in [-0.2, -0.15) is 0 Å². The van der Waals surface area contributed by atoms with E-state index >= 15 is 0 Å². The monoisotopic (exact) mass is 262 g/mol. The summed E-state index contributed by atoms with van der Waals surface area (Å²) in [6, 6.07) is 7.57. The second-order valence-corrected chi connectivity index (χ2v) is 6.13. The average molecular weight is 262 g/mol. The summed E-state index contributed by atoms with van der Waals surface area (Å²) in [5.41, 5.74) is 2.37. The number of fused-ring (bicyclic) bond motifs is 1. The van der Waals surface area contributed by atoms with Crippen molar-refractivity contribution < 1.29 is 9.90 Å². The van der Waals surface area contributed by atoms with E-state index in [4.69, 9.17) is 5.11 Å². The Morgan fingerprint density at radius 2 is 1.78 bits per heavy atom. The Balaban J connectivity index is 2.45. The first-order chi connectivity index (χ1) is 8.40. The number of aryl methyl sites for hydroxylation is 1. The summed E-state index contributed by atoms with van der Waals surface area (Å²) in [5.74, 6) is -0.859. The van der Waals surface area contributed by atoms with Crippen LogP contribution in [0.5, 0.6) is 0 Å². The topological polar surface area (TPSA) is 63.1 Å². The zero-order valence-electron chi connectivity index (χ0n) is 10.5. The molecule has 0 radical (unpaired) electrons. The molecule has 18 heavy (non-hydrogen) atoms. The molecule has 0 aliphatic heterocycles. The third kappa shape index (κ3) is 2.46. The smallest absolute Gasteiger partial charge is 0.319 e. The lowest BCUT2D eigenvalue weighted by atomic mass is 10.2. The van der Waals surface area contributed by atoms with E-state index in [2.05, 4.69) is 9.97 Å². The number of aliphatic carboxylic acids is 1. The normalized spacial score (nSPS) is 11.7. The Labute approximate surface area is 109 Å². The highest BCUT2D eigenvalue weighted by molar-refractivity contribution is 8.01. The molecule has 0 aliphatic carbocycles. The minimum atomic E-state index is -0.915. The summed E-state index contributed by atoms with van der Waals surface area (Å²) < 4.78 is -0.915. The van der Waals surface area contributed by atoms with Gasteiger partial charge in [0.25, 0.3) is 0 Å². The van der Waals surface area contributed by atoms with Crippen molar-refractivity contribution in [1.29, 1.82) is 0 Å². The van der Waals surface area contributed by atoms with E-state index in [1.807, 2.05) is 31.2 Å². The summed E-state index contributed by atoms with van der Waals surface area (Å²) in [4.78, 5) is 20.1. The van der Waals surface area contributed by atoms with Crippen molar-refractivity contribution in [2.24, 2.45) is 0 Å². The van der Waals surface area contributed by atoms with Gasteiger partial charge in [-0.1, -0.05) is 23.9 Å². The van der Waals surface area contributed by atoms with Gasteiger partial charge in [0.05, 0.1) is 16.7 Å². The summed E-state index contributed by atoms with van der Waals surface area (Å²) in [5, 5.41) is 9.81. The lowest BCUT2D eigenvalue weighted by Crippen LogP contribution is -2.27. The molecule has 4 nitrogen and oxygen atoms in total. The van der Waals surface area contributed by atoms with Gasteiger partial charge < -0.3 is 5.11 Å². The van der Waals surface area contributed by atoms with Crippen molar-refractivity contribution in [3.05, 3.63) is 30.0 Å². The second-order valence-electron chi connectivity index (χ2n) is 4.52. The number of carboxylic acids is 1. The third-order valence-corrected chi connectivity index (χ3v) is 3.83. The van der Waals surface area contributed by atoms with Gasteiger partial charge in [-0.05, 0) is 32.9 Å². The maximum atomic E-state index is 11.1. The van der Waals surface area contributed by atoms with E-state index in [9.17, 15) is 4.79 Å². The molecule has 0 spiro atoms. The van der Waals surface area contributed by atoms with Crippen LogP contribution in [0.3, 0.4) is 0 Å². The number of para-hydroxylation sites is 2. The standard InChI is InChI=1S/C13H14N2O2S/c1-8-11(18-13(2,3)12(16)17)15-10-7-5-4-6-9(10)14-8/h4-7H,1-3H3,(H,16,17). The molecular weight excluding hydrogens is 248 g/mol. The van der Waals surface area contributed by atoms with Crippen LogP contribution in [-0.2, 0) is 4.79 Å². The van der Waals surface area contributed by atoms with Crippen LogP contribution in [0.15, 0.2) is 29.3 Å². The Hall–Kier alpha value is -1.62. The molecule has 5 heteroatoms. The van der Waals surface area contributed by atoms with Gasteiger partial charge in [-0.25, -0.2) is 9.97 Å². The summed E-state index contributed by atoms with van der Waals surface area (Å²) in [6.45, 7) is 5.17. The van der Waals surface area contributed by atoms with Crippen molar-refractivity contribution in [2.75, 3.05) is 0 Å². The van der Waals surface area contributed by atoms with Gasteiger partial charge in [0.15, 0.2) is 0 Å². The van der Waals surface area contributed by atoms with E-state index in [0.29, 0.717) is 5.03 Å². The lowest BCUT2D eigenvalue weighted by molar-refractivity contribution is -0.138. The fraction of sp³-hybridized carbons (Fsp3) is 0.308. The van der Waals surface area contributed by atoms with E-state index < -0.39 is 10.7 Å². The molecule has 0 unspecified atom stereocenters. The molecule has 94 valence electrons. The quantitative estimate of drug-likeness (QED) is 0.862. The fourth-order valence-electron chi connectivity index (χ4n) is 1.45. The molecular formula is C13H14N2O2S. The van der Waals surface area contributed by atoms with Gasteiger partial charge in [-0.3, -0.25) is 4.79 Å². The van der Waals surface area contributed by atoms with Gasteiger partial charge >= 0.3 is 5.97 Å². The van der Waals surface area contributed by atoms with Crippen molar-refractivity contribution in [3.8, 4) is 0 Å². The van der Waals surface area contributed by atoms with Crippen LogP contribution in [0.25, 0.3) is 11.0 Å². The lowest BCUT2D eigenvalue weighted by Gasteiger charge is -2.18. The molecule has 0 saturated carbocycles. The number of benzene rings is 1. The molecule has 0 bridgehead atoms. The molecule has 1 aromatic heterocycles. The molecule has 0 saturated heterocycles. The maximum absolute atomic E-state index is 11.1. The number of rotatable bonds is 3. The largest absolute Gasteiger partial charge is 0.480 e. The summed E-state index contributed by atoms with van der Waals surface area (Å²) >= 11 is 1.22. The minimum absolute atomic E-state index is 0.668. The number of hydrogen-bond donors (Lipinski definition) is 1. The number of aromatic nitrogens is 2. The molecule has 0 amide bonds. The first-order valence-electron chi connectivity index (χ1n) is 5.56. The average Bonchev–Trinajstić information content (AvgIpc) is 2.29. The predicted molar refractivity (Wildman–Crippen MR) is 71.8 cm³/mol. The Morgan fingerprint density at radius 1 is 1.22 bits per heavy atom. The SMILES string of the molecule is Cc1nc2ccccc2nc1SC(C)(C)C(=O)O. The van der Waals surface area contributed by atoms with Crippen LogP contribution < -0.4 is 0 Å². The van der Waals surface area contributed by atoms with Crippen LogP contribution in [0, 0.1) is 6.92 Å². The number of nitrogens with zero attached hydrogens (tertiary/aromatic N) is 2. The zero-order valence-corrected chi connectivity index (χ0v) is 11.3. The predicted octanol–water partition coefficient (Wildman–Crippen LogP) is 2.89. The van der Waals surface area contributed by atoms with Crippen LogP contribution >= 0.6 is 11.8 Å². The van der Waals surface area contributed by atoms with Crippen LogP contribution in [0.4, 0.5) is 0 Å². The number of carbonyl (C=O) groups is 1. The molecule has 0 atom stereocenters. The van der Waals surface area contributed by atoms with Gasteiger partial charge in [-0.15, -0.1) is 0 Å². The molecule has 0 aliphatic rings.